The molecule has 0 aliphatic rings. The van der Waals surface area contributed by atoms with Crippen LogP contribution >= 0.6 is 0 Å². The summed E-state index contributed by atoms with van der Waals surface area (Å²) in [6.45, 7) is 7.62. The van der Waals surface area contributed by atoms with Crippen LogP contribution in [0.2, 0.25) is 0 Å². The summed E-state index contributed by atoms with van der Waals surface area (Å²) in [5, 5.41) is 8.85. The van der Waals surface area contributed by atoms with Crippen LogP contribution in [0.4, 0.5) is 4.39 Å². The Bertz CT molecular complexity index is 927. The second kappa shape index (κ2) is 15.0. The Morgan fingerprint density at radius 1 is 0.971 bits per heavy atom. The maximum atomic E-state index is 14.1. The molecule has 2 rings (SSSR count). The van der Waals surface area contributed by atoms with Crippen LogP contribution in [0.25, 0.3) is 0 Å². The average Bonchev–Trinajstić information content (AvgIpc) is 2.81. The Labute approximate surface area is 201 Å². The second-order valence-corrected chi connectivity index (χ2v) is 7.62. The normalized spacial score (nSPS) is 12.0. The van der Waals surface area contributed by atoms with Gasteiger partial charge < -0.3 is 24.1 Å². The molecule has 0 fully saturated rings. The molecular formula is C27H35FO6. The van der Waals surface area contributed by atoms with E-state index in [1.54, 1.807) is 12.1 Å². The highest BCUT2D eigenvalue weighted by Gasteiger charge is 2.15. The molecule has 7 heteroatoms. The van der Waals surface area contributed by atoms with Gasteiger partial charge in [-0.1, -0.05) is 31.6 Å². The van der Waals surface area contributed by atoms with E-state index in [2.05, 4.69) is 6.92 Å². The quantitative estimate of drug-likeness (QED) is 0.233. The fourth-order valence-corrected chi connectivity index (χ4v) is 3.33. The van der Waals surface area contributed by atoms with Gasteiger partial charge >= 0.3 is 5.97 Å². The zero-order valence-corrected chi connectivity index (χ0v) is 20.2. The molecule has 0 heterocycles. The van der Waals surface area contributed by atoms with Crippen LogP contribution in [-0.2, 0) is 16.0 Å². The first-order valence-electron chi connectivity index (χ1n) is 11.8. The van der Waals surface area contributed by atoms with E-state index in [0.29, 0.717) is 50.8 Å². The Morgan fingerprint density at radius 2 is 1.74 bits per heavy atom. The van der Waals surface area contributed by atoms with Crippen molar-refractivity contribution in [2.75, 3.05) is 26.4 Å². The lowest BCUT2D eigenvalue weighted by atomic mass is 10.1. The van der Waals surface area contributed by atoms with Gasteiger partial charge in [-0.3, -0.25) is 0 Å². The molecule has 2 aromatic carbocycles. The zero-order chi connectivity index (χ0) is 24.8. The molecule has 0 radical (unpaired) electrons. The minimum Gasteiger partial charge on any atom is -0.491 e. The summed E-state index contributed by atoms with van der Waals surface area (Å²) in [6.07, 6.45) is 5.27. The smallest absolute Gasteiger partial charge is 0.327 e. The van der Waals surface area contributed by atoms with Crippen LogP contribution in [0, 0.1) is 5.82 Å². The van der Waals surface area contributed by atoms with Gasteiger partial charge in [0, 0.05) is 19.1 Å². The van der Waals surface area contributed by atoms with E-state index in [-0.39, 0.29) is 17.7 Å². The van der Waals surface area contributed by atoms with E-state index < -0.39 is 5.97 Å². The molecule has 34 heavy (non-hydrogen) atoms. The predicted octanol–water partition coefficient (Wildman–Crippen LogP) is 6.13. The maximum Gasteiger partial charge on any atom is 0.327 e. The van der Waals surface area contributed by atoms with Gasteiger partial charge in [0.2, 0.25) is 0 Å². The Morgan fingerprint density at radius 3 is 2.41 bits per heavy atom. The fourth-order valence-electron chi connectivity index (χ4n) is 3.33. The summed E-state index contributed by atoms with van der Waals surface area (Å²) >= 11 is 0. The van der Waals surface area contributed by atoms with Crippen molar-refractivity contribution in [3.63, 3.8) is 0 Å². The third-order valence-corrected chi connectivity index (χ3v) is 5.02. The molecule has 0 aliphatic heterocycles. The molecule has 1 N–H and O–H groups in total. The predicted molar refractivity (Wildman–Crippen MR) is 129 cm³/mol. The molecular weight excluding hydrogens is 439 g/mol. The summed E-state index contributed by atoms with van der Waals surface area (Å²) in [7, 11) is 0. The van der Waals surface area contributed by atoms with Gasteiger partial charge in [-0.2, -0.15) is 0 Å². The largest absolute Gasteiger partial charge is 0.491 e. The van der Waals surface area contributed by atoms with Crippen molar-refractivity contribution in [3.8, 4) is 17.2 Å². The van der Waals surface area contributed by atoms with Crippen LogP contribution in [0.3, 0.4) is 0 Å². The lowest BCUT2D eigenvalue weighted by Crippen LogP contribution is -2.08. The molecule has 0 saturated heterocycles. The number of rotatable bonds is 16. The van der Waals surface area contributed by atoms with Crippen LogP contribution in [-0.4, -0.2) is 37.5 Å². The standard InChI is InChI=1S/C27H35FO6/c1-4-7-16-33-26-19-21(23(31-5-2)9-8-10-27(29)30)12-14-25(26)34-17-15-20-11-13-24(32-6-3)22(28)18-20/h8,10-14,18-19,23H,4-7,9,15-17H2,1-3H3,(H,29,30). The van der Waals surface area contributed by atoms with Crippen LogP contribution < -0.4 is 14.2 Å². The summed E-state index contributed by atoms with van der Waals surface area (Å²) in [5.41, 5.74) is 1.69. The van der Waals surface area contributed by atoms with Gasteiger partial charge in [0.15, 0.2) is 23.1 Å². The molecule has 0 aliphatic carbocycles. The molecule has 0 aromatic heterocycles. The fraction of sp³-hybridized carbons (Fsp3) is 0.444. The van der Waals surface area contributed by atoms with E-state index in [0.717, 1.165) is 30.0 Å². The van der Waals surface area contributed by atoms with E-state index >= 15 is 0 Å². The number of halogens is 1. The lowest BCUT2D eigenvalue weighted by molar-refractivity contribution is -0.131. The van der Waals surface area contributed by atoms with Crippen molar-refractivity contribution in [1.29, 1.82) is 0 Å². The van der Waals surface area contributed by atoms with Crippen molar-refractivity contribution in [2.45, 2.75) is 52.6 Å². The minimum absolute atomic E-state index is 0.247. The SMILES string of the molecule is CCCCOc1cc(C(CC=CC(=O)O)OCC)ccc1OCCc1ccc(OCC)c(F)c1. The van der Waals surface area contributed by atoms with E-state index in [4.69, 9.17) is 24.1 Å². The molecule has 2 aromatic rings. The number of hydrogen-bond acceptors (Lipinski definition) is 5. The molecule has 1 atom stereocenters. The molecule has 0 bridgehead atoms. The highest BCUT2D eigenvalue weighted by atomic mass is 19.1. The van der Waals surface area contributed by atoms with Crippen LogP contribution in [0.1, 0.15) is 57.3 Å². The van der Waals surface area contributed by atoms with E-state index in [1.807, 2.05) is 38.1 Å². The van der Waals surface area contributed by atoms with Gasteiger partial charge in [0.05, 0.1) is 25.9 Å². The maximum absolute atomic E-state index is 14.1. The van der Waals surface area contributed by atoms with Crippen molar-refractivity contribution in [2.24, 2.45) is 0 Å². The van der Waals surface area contributed by atoms with Gasteiger partial charge in [0.1, 0.15) is 0 Å². The first-order chi connectivity index (χ1) is 16.5. The van der Waals surface area contributed by atoms with Crippen molar-refractivity contribution >= 4 is 5.97 Å². The first kappa shape index (κ1) is 27.2. The van der Waals surface area contributed by atoms with Crippen molar-refractivity contribution < 1.29 is 33.2 Å². The Kier molecular flexibility index (Phi) is 12.0. The van der Waals surface area contributed by atoms with Gasteiger partial charge in [-0.25, -0.2) is 9.18 Å². The molecule has 0 spiro atoms. The third kappa shape index (κ3) is 9.06. The number of carboxylic acids is 1. The summed E-state index contributed by atoms with van der Waals surface area (Å²) in [4.78, 5) is 10.8. The molecule has 0 amide bonds. The highest BCUT2D eigenvalue weighted by Crippen LogP contribution is 2.33. The van der Waals surface area contributed by atoms with Crippen molar-refractivity contribution in [1.82, 2.24) is 0 Å². The molecule has 0 saturated carbocycles. The number of ether oxygens (including phenoxy) is 4. The number of aliphatic carboxylic acids is 1. The highest BCUT2D eigenvalue weighted by molar-refractivity contribution is 5.79. The summed E-state index contributed by atoms with van der Waals surface area (Å²) in [5.74, 6) is 0.0796. The average molecular weight is 475 g/mol. The van der Waals surface area contributed by atoms with Crippen LogP contribution in [0.15, 0.2) is 48.6 Å². The summed E-state index contributed by atoms with van der Waals surface area (Å²) < 4.78 is 37.1. The summed E-state index contributed by atoms with van der Waals surface area (Å²) in [6, 6.07) is 10.5. The molecule has 1 unspecified atom stereocenters. The van der Waals surface area contributed by atoms with Crippen LogP contribution in [0.5, 0.6) is 17.2 Å². The monoisotopic (exact) mass is 474 g/mol. The third-order valence-electron chi connectivity index (χ3n) is 5.02. The van der Waals surface area contributed by atoms with E-state index in [1.165, 1.54) is 6.07 Å². The second-order valence-electron chi connectivity index (χ2n) is 7.62. The van der Waals surface area contributed by atoms with Gasteiger partial charge in [0.25, 0.3) is 0 Å². The number of carbonyl (C=O) groups is 1. The number of hydrogen-bond donors (Lipinski definition) is 1. The van der Waals surface area contributed by atoms with Crippen molar-refractivity contribution in [3.05, 3.63) is 65.5 Å². The lowest BCUT2D eigenvalue weighted by Gasteiger charge is -2.19. The van der Waals surface area contributed by atoms with E-state index in [9.17, 15) is 9.18 Å². The topological polar surface area (TPSA) is 74.2 Å². The van der Waals surface area contributed by atoms with Gasteiger partial charge in [-0.05, 0) is 62.1 Å². The van der Waals surface area contributed by atoms with Gasteiger partial charge in [-0.15, -0.1) is 0 Å². The number of unbranched alkanes of at least 4 members (excludes halogenated alkanes) is 1. The Hall–Kier alpha value is -3.06. The zero-order valence-electron chi connectivity index (χ0n) is 20.2. The molecule has 6 nitrogen and oxygen atoms in total. The number of benzene rings is 2. The Balaban J connectivity index is 2.12. The number of carboxylic acid groups (broad SMARTS) is 1. The molecule has 186 valence electrons. The minimum atomic E-state index is -0.991. The first-order valence-corrected chi connectivity index (χ1v) is 11.8.